The molecule has 148 valence electrons. The number of hydrogen-bond donors (Lipinski definition) is 2. The Kier molecular flexibility index (Phi) is 6.71. The standard InChI is InChI=1S/C18H16N6O3S2/c1-10-3-5-11(6-4-10)15-12(7-19)16(26)22-17(21-15)28-9-13(25)20-18-24-23-14(29-18)8-27-2/h3-6H,8-9H2,1-2H3,(H,20,24,25)(H,21,22,26). The van der Waals surface area contributed by atoms with Crippen molar-refractivity contribution in [3.63, 3.8) is 0 Å². The van der Waals surface area contributed by atoms with Crippen molar-refractivity contribution in [2.75, 3.05) is 18.2 Å². The lowest BCUT2D eigenvalue weighted by Gasteiger charge is -2.07. The Bertz CT molecular complexity index is 1120. The molecule has 0 radical (unpaired) electrons. The van der Waals surface area contributed by atoms with E-state index >= 15 is 0 Å². The Morgan fingerprint density at radius 1 is 1.34 bits per heavy atom. The summed E-state index contributed by atoms with van der Waals surface area (Å²) in [4.78, 5) is 31.3. The second kappa shape index (κ2) is 9.42. The second-order valence-electron chi connectivity index (χ2n) is 5.84. The van der Waals surface area contributed by atoms with E-state index in [-0.39, 0.29) is 28.1 Å². The van der Waals surface area contributed by atoms with Crippen LogP contribution in [0.15, 0.2) is 34.2 Å². The van der Waals surface area contributed by atoms with Gasteiger partial charge in [-0.05, 0) is 6.92 Å². The summed E-state index contributed by atoms with van der Waals surface area (Å²) in [7, 11) is 1.55. The number of aromatic nitrogens is 4. The molecule has 1 aromatic carbocycles. The van der Waals surface area contributed by atoms with Crippen molar-refractivity contribution in [2.45, 2.75) is 18.7 Å². The number of aryl methyl sites for hydroxylation is 1. The molecule has 0 spiro atoms. The highest BCUT2D eigenvalue weighted by Crippen LogP contribution is 2.23. The molecule has 0 bridgehead atoms. The van der Waals surface area contributed by atoms with Gasteiger partial charge in [-0.2, -0.15) is 5.26 Å². The van der Waals surface area contributed by atoms with Gasteiger partial charge in [-0.25, -0.2) is 4.98 Å². The maximum atomic E-state index is 12.3. The molecule has 0 aliphatic carbocycles. The molecule has 2 N–H and O–H groups in total. The van der Waals surface area contributed by atoms with E-state index in [1.54, 1.807) is 19.2 Å². The van der Waals surface area contributed by atoms with Crippen LogP contribution in [-0.4, -0.2) is 38.9 Å². The zero-order valence-electron chi connectivity index (χ0n) is 15.6. The average Bonchev–Trinajstić information content (AvgIpc) is 3.13. The molecule has 3 rings (SSSR count). The number of ether oxygens (including phenoxy) is 1. The first-order chi connectivity index (χ1) is 14.0. The molecule has 0 aliphatic rings. The lowest BCUT2D eigenvalue weighted by molar-refractivity contribution is -0.113. The van der Waals surface area contributed by atoms with Crippen molar-refractivity contribution in [3.8, 4) is 17.3 Å². The van der Waals surface area contributed by atoms with Crippen LogP contribution in [0.25, 0.3) is 11.3 Å². The quantitative estimate of drug-likeness (QED) is 0.433. The van der Waals surface area contributed by atoms with E-state index in [1.807, 2.05) is 25.1 Å². The fraction of sp³-hybridized carbons (Fsp3) is 0.222. The number of H-pyrrole nitrogens is 1. The number of carbonyl (C=O) groups is 1. The van der Waals surface area contributed by atoms with Crippen LogP contribution in [0.5, 0.6) is 0 Å². The number of anilines is 1. The smallest absolute Gasteiger partial charge is 0.270 e. The number of nitrogens with one attached hydrogen (secondary N) is 2. The van der Waals surface area contributed by atoms with Gasteiger partial charge in [0.1, 0.15) is 23.2 Å². The van der Waals surface area contributed by atoms with E-state index in [9.17, 15) is 14.9 Å². The topological polar surface area (TPSA) is 134 Å². The van der Waals surface area contributed by atoms with Gasteiger partial charge in [0, 0.05) is 12.7 Å². The van der Waals surface area contributed by atoms with Gasteiger partial charge in [0.05, 0.1) is 11.4 Å². The Morgan fingerprint density at radius 3 is 2.79 bits per heavy atom. The van der Waals surface area contributed by atoms with E-state index in [4.69, 9.17) is 4.74 Å². The Labute approximate surface area is 174 Å². The number of rotatable bonds is 7. The van der Waals surface area contributed by atoms with Crippen LogP contribution >= 0.6 is 23.1 Å². The maximum Gasteiger partial charge on any atom is 0.270 e. The summed E-state index contributed by atoms with van der Waals surface area (Å²) in [5, 5.41) is 21.0. The zero-order chi connectivity index (χ0) is 20.8. The highest BCUT2D eigenvalue weighted by molar-refractivity contribution is 7.99. The number of aromatic amines is 1. The van der Waals surface area contributed by atoms with Crippen LogP contribution in [0, 0.1) is 18.3 Å². The third-order valence-electron chi connectivity index (χ3n) is 3.66. The first-order valence-corrected chi connectivity index (χ1v) is 10.2. The first-order valence-electron chi connectivity index (χ1n) is 8.35. The van der Waals surface area contributed by atoms with Crippen molar-refractivity contribution >= 4 is 34.1 Å². The summed E-state index contributed by atoms with van der Waals surface area (Å²) >= 11 is 2.27. The number of thioether (sulfide) groups is 1. The van der Waals surface area contributed by atoms with Crippen molar-refractivity contribution in [1.29, 1.82) is 5.26 Å². The summed E-state index contributed by atoms with van der Waals surface area (Å²) in [6.45, 7) is 2.26. The minimum atomic E-state index is -0.547. The van der Waals surface area contributed by atoms with Gasteiger partial charge in [0.15, 0.2) is 5.16 Å². The van der Waals surface area contributed by atoms with Gasteiger partial charge in [0.25, 0.3) is 5.56 Å². The fourth-order valence-electron chi connectivity index (χ4n) is 2.32. The molecule has 0 fully saturated rings. The number of benzene rings is 1. The Morgan fingerprint density at radius 2 is 2.10 bits per heavy atom. The molecule has 2 aromatic heterocycles. The van der Waals surface area contributed by atoms with E-state index in [0.717, 1.165) is 17.3 Å². The minimum Gasteiger partial charge on any atom is -0.377 e. The number of hydrogen-bond acceptors (Lipinski definition) is 9. The maximum absolute atomic E-state index is 12.3. The highest BCUT2D eigenvalue weighted by Gasteiger charge is 2.15. The third kappa shape index (κ3) is 5.26. The predicted molar refractivity (Wildman–Crippen MR) is 110 cm³/mol. The molecule has 0 aliphatic heterocycles. The van der Waals surface area contributed by atoms with Gasteiger partial charge in [-0.1, -0.05) is 52.9 Å². The van der Waals surface area contributed by atoms with Crippen LogP contribution in [0.4, 0.5) is 5.13 Å². The number of nitriles is 1. The van der Waals surface area contributed by atoms with Gasteiger partial charge in [-0.3, -0.25) is 14.9 Å². The minimum absolute atomic E-state index is 0.00136. The van der Waals surface area contributed by atoms with Gasteiger partial charge >= 0.3 is 0 Å². The summed E-state index contributed by atoms with van der Waals surface area (Å²) in [5.74, 6) is -0.319. The summed E-state index contributed by atoms with van der Waals surface area (Å²) < 4.78 is 4.96. The zero-order valence-corrected chi connectivity index (χ0v) is 17.2. The SMILES string of the molecule is COCc1nnc(NC(=O)CSc2nc(-c3ccc(C)cc3)c(C#N)c(=O)[nH]2)s1. The molecule has 0 unspecified atom stereocenters. The molecule has 11 heteroatoms. The van der Waals surface area contributed by atoms with Crippen molar-refractivity contribution in [3.05, 3.63) is 50.8 Å². The molecule has 3 aromatic rings. The molecule has 9 nitrogen and oxygen atoms in total. The average molecular weight is 428 g/mol. The fourth-order valence-corrected chi connectivity index (χ4v) is 3.71. The van der Waals surface area contributed by atoms with Crippen LogP contribution in [0.3, 0.4) is 0 Å². The van der Waals surface area contributed by atoms with Crippen LogP contribution in [0.2, 0.25) is 0 Å². The summed E-state index contributed by atoms with van der Waals surface area (Å²) in [6, 6.07) is 9.24. The Balaban J connectivity index is 1.73. The molecular weight excluding hydrogens is 412 g/mol. The number of methoxy groups -OCH3 is 1. The monoisotopic (exact) mass is 428 g/mol. The van der Waals surface area contributed by atoms with Crippen molar-refractivity contribution in [1.82, 2.24) is 20.2 Å². The lowest BCUT2D eigenvalue weighted by atomic mass is 10.1. The third-order valence-corrected chi connectivity index (χ3v) is 5.34. The molecule has 1 amide bonds. The van der Waals surface area contributed by atoms with Crippen molar-refractivity contribution in [2.24, 2.45) is 0 Å². The van der Waals surface area contributed by atoms with E-state index in [1.165, 1.54) is 11.3 Å². The lowest BCUT2D eigenvalue weighted by Crippen LogP contribution is -2.17. The van der Waals surface area contributed by atoms with Crippen LogP contribution < -0.4 is 10.9 Å². The van der Waals surface area contributed by atoms with E-state index in [2.05, 4.69) is 25.5 Å². The number of carbonyl (C=O) groups excluding carboxylic acids is 1. The van der Waals surface area contributed by atoms with Gasteiger partial charge in [-0.15, -0.1) is 10.2 Å². The van der Waals surface area contributed by atoms with Gasteiger partial charge < -0.3 is 9.72 Å². The van der Waals surface area contributed by atoms with Gasteiger partial charge in [0.2, 0.25) is 11.0 Å². The van der Waals surface area contributed by atoms with E-state index in [0.29, 0.717) is 22.3 Å². The second-order valence-corrected chi connectivity index (χ2v) is 7.87. The van der Waals surface area contributed by atoms with Crippen LogP contribution in [-0.2, 0) is 16.1 Å². The molecule has 2 heterocycles. The van der Waals surface area contributed by atoms with Crippen molar-refractivity contribution < 1.29 is 9.53 Å². The molecule has 0 atom stereocenters. The summed E-state index contributed by atoms with van der Waals surface area (Å²) in [5.41, 5.74) is 1.38. The Hall–Kier alpha value is -3.07. The number of nitrogens with zero attached hydrogens (tertiary/aromatic N) is 4. The predicted octanol–water partition coefficient (Wildman–Crippen LogP) is 2.35. The van der Waals surface area contributed by atoms with E-state index < -0.39 is 5.56 Å². The molecule has 0 saturated carbocycles. The normalized spacial score (nSPS) is 10.5. The van der Waals surface area contributed by atoms with Crippen LogP contribution in [0.1, 0.15) is 16.1 Å². The molecule has 29 heavy (non-hydrogen) atoms. The summed E-state index contributed by atoms with van der Waals surface area (Å²) in [6.07, 6.45) is 0. The number of amides is 1. The molecular formula is C18H16N6O3S2. The largest absolute Gasteiger partial charge is 0.377 e. The first kappa shape index (κ1) is 20.7. The molecule has 0 saturated heterocycles. The highest BCUT2D eigenvalue weighted by atomic mass is 32.2.